The van der Waals surface area contributed by atoms with Crippen molar-refractivity contribution >= 4 is 63.8 Å². The molecule has 3 nitrogen and oxygen atoms in total. The van der Waals surface area contributed by atoms with Crippen molar-refractivity contribution in [3.63, 3.8) is 0 Å². The Hall–Kier alpha value is -6.23. The Morgan fingerprint density at radius 3 is 1.84 bits per heavy atom. The third-order valence-electron chi connectivity index (χ3n) is 9.52. The molecule has 10 rings (SSSR count). The van der Waals surface area contributed by atoms with Crippen molar-refractivity contribution in [3.05, 3.63) is 164 Å². The second kappa shape index (κ2) is 11.2. The largest absolute Gasteiger partial charge is 0.208 e. The predicted molar refractivity (Wildman–Crippen MR) is 207 cm³/mol. The maximum absolute atomic E-state index is 5.34. The molecule has 49 heavy (non-hydrogen) atoms. The van der Waals surface area contributed by atoms with Crippen molar-refractivity contribution in [1.29, 1.82) is 0 Å². The van der Waals surface area contributed by atoms with E-state index in [1.54, 1.807) is 0 Å². The fourth-order valence-electron chi connectivity index (χ4n) is 7.21. The van der Waals surface area contributed by atoms with E-state index in [0.717, 1.165) is 44.0 Å². The van der Waals surface area contributed by atoms with Crippen molar-refractivity contribution in [1.82, 2.24) is 15.0 Å². The summed E-state index contributed by atoms with van der Waals surface area (Å²) in [7, 11) is 0. The van der Waals surface area contributed by atoms with Crippen molar-refractivity contribution in [3.8, 4) is 45.3 Å². The molecule has 2 aromatic heterocycles. The van der Waals surface area contributed by atoms with Gasteiger partial charge in [0.15, 0.2) is 17.5 Å². The van der Waals surface area contributed by atoms with E-state index in [0.29, 0.717) is 17.5 Å². The van der Waals surface area contributed by atoms with Gasteiger partial charge >= 0.3 is 0 Å². The third kappa shape index (κ3) is 4.61. The molecule has 0 spiro atoms. The van der Waals surface area contributed by atoms with Crippen LogP contribution in [0, 0.1) is 0 Å². The molecule has 0 fully saturated rings. The van der Waals surface area contributed by atoms with Gasteiger partial charge in [0.05, 0.1) is 0 Å². The molecule has 8 aromatic carbocycles. The fourth-order valence-corrected chi connectivity index (χ4v) is 8.35. The Morgan fingerprint density at radius 2 is 0.959 bits per heavy atom. The highest BCUT2D eigenvalue weighted by atomic mass is 32.1. The Labute approximate surface area is 286 Å². The molecule has 0 aliphatic carbocycles. The van der Waals surface area contributed by atoms with Gasteiger partial charge in [0, 0.05) is 36.9 Å². The number of hydrogen-bond acceptors (Lipinski definition) is 4. The van der Waals surface area contributed by atoms with E-state index in [1.807, 2.05) is 29.5 Å². The van der Waals surface area contributed by atoms with Crippen LogP contribution >= 0.6 is 11.3 Å². The molecular weight excluding hydrogens is 615 g/mol. The van der Waals surface area contributed by atoms with E-state index >= 15 is 0 Å². The van der Waals surface area contributed by atoms with E-state index in [4.69, 9.17) is 15.0 Å². The minimum Gasteiger partial charge on any atom is -0.208 e. The fraction of sp³-hybridized carbons (Fsp3) is 0. The first kappa shape index (κ1) is 27.8. The molecule has 4 heteroatoms. The molecule has 0 saturated carbocycles. The highest BCUT2D eigenvalue weighted by Crippen LogP contribution is 2.41. The average Bonchev–Trinajstić information content (AvgIpc) is 3.55. The lowest BCUT2D eigenvalue weighted by Crippen LogP contribution is -2.02. The van der Waals surface area contributed by atoms with Gasteiger partial charge in [0.2, 0.25) is 0 Å². The Morgan fingerprint density at radius 1 is 0.327 bits per heavy atom. The standard InChI is InChI=1S/C45H27N3S/c1-2-13-29(14-3-1)43-46-44(38-20-9-8-17-33(38)31-23-24-36-35-19-10-11-21-40(35)49-41(36)27-31)48-45(47-43)42-34-18-7-5-15-30(34)26-39-32-16-6-4-12-28(32)22-25-37(39)42/h1-27H. The number of aromatic nitrogens is 3. The van der Waals surface area contributed by atoms with Crippen LogP contribution in [0.15, 0.2) is 164 Å². The van der Waals surface area contributed by atoms with Crippen molar-refractivity contribution in [2.24, 2.45) is 0 Å². The Balaban J connectivity index is 1.25. The number of rotatable bonds is 4. The van der Waals surface area contributed by atoms with Crippen molar-refractivity contribution in [2.45, 2.75) is 0 Å². The van der Waals surface area contributed by atoms with E-state index < -0.39 is 0 Å². The Kier molecular flexibility index (Phi) is 6.36. The molecule has 10 aromatic rings. The van der Waals surface area contributed by atoms with Crippen LogP contribution in [0.1, 0.15) is 0 Å². The zero-order chi connectivity index (χ0) is 32.3. The van der Waals surface area contributed by atoms with E-state index in [9.17, 15) is 0 Å². The second-order valence-corrected chi connectivity index (χ2v) is 13.5. The first-order chi connectivity index (χ1) is 24.3. The van der Waals surface area contributed by atoms with Gasteiger partial charge in [-0.3, -0.25) is 0 Å². The topological polar surface area (TPSA) is 38.7 Å². The number of fused-ring (bicyclic) bond motifs is 7. The zero-order valence-electron chi connectivity index (χ0n) is 26.3. The molecule has 0 aliphatic heterocycles. The predicted octanol–water partition coefficient (Wildman–Crippen LogP) is 12.4. The maximum Gasteiger partial charge on any atom is 0.165 e. The monoisotopic (exact) mass is 641 g/mol. The van der Waals surface area contributed by atoms with Crippen LogP contribution < -0.4 is 0 Å². The van der Waals surface area contributed by atoms with Gasteiger partial charge in [0.25, 0.3) is 0 Å². The number of nitrogens with zero attached hydrogens (tertiary/aromatic N) is 3. The van der Waals surface area contributed by atoms with Crippen LogP contribution in [0.5, 0.6) is 0 Å². The SMILES string of the molecule is c1ccc(-c2nc(-c3ccccc3-c3ccc4c(c3)sc3ccccc34)nc(-c3c4ccccc4cc4c3ccc3ccccc34)n2)cc1. The minimum atomic E-state index is 0.650. The van der Waals surface area contributed by atoms with Gasteiger partial charge in [-0.15, -0.1) is 11.3 Å². The van der Waals surface area contributed by atoms with Crippen LogP contribution in [-0.2, 0) is 0 Å². The molecule has 0 saturated heterocycles. The first-order valence-corrected chi connectivity index (χ1v) is 17.3. The van der Waals surface area contributed by atoms with E-state index in [2.05, 4.69) is 146 Å². The molecule has 0 bridgehead atoms. The van der Waals surface area contributed by atoms with Gasteiger partial charge in [-0.25, -0.2) is 15.0 Å². The second-order valence-electron chi connectivity index (χ2n) is 12.4. The minimum absolute atomic E-state index is 0.650. The summed E-state index contributed by atoms with van der Waals surface area (Å²) in [6, 6.07) is 58.0. The molecule has 0 unspecified atom stereocenters. The molecule has 228 valence electrons. The summed E-state index contributed by atoms with van der Waals surface area (Å²) in [6.07, 6.45) is 0. The van der Waals surface area contributed by atoms with Gasteiger partial charge in [-0.05, 0) is 61.6 Å². The maximum atomic E-state index is 5.34. The van der Waals surface area contributed by atoms with Crippen LogP contribution in [0.2, 0.25) is 0 Å². The molecule has 0 N–H and O–H groups in total. The Bertz CT molecular complexity index is 2890. The van der Waals surface area contributed by atoms with Gasteiger partial charge in [0.1, 0.15) is 0 Å². The van der Waals surface area contributed by atoms with Crippen LogP contribution in [0.4, 0.5) is 0 Å². The number of thiophene rings is 1. The molecule has 2 heterocycles. The normalized spacial score (nSPS) is 11.7. The average molecular weight is 642 g/mol. The van der Waals surface area contributed by atoms with E-state index in [-0.39, 0.29) is 0 Å². The summed E-state index contributed by atoms with van der Waals surface area (Å²) in [6.45, 7) is 0. The van der Waals surface area contributed by atoms with Gasteiger partial charge in [-0.1, -0.05) is 146 Å². The summed E-state index contributed by atoms with van der Waals surface area (Å²) in [5.41, 5.74) is 5.17. The lowest BCUT2D eigenvalue weighted by molar-refractivity contribution is 1.08. The number of hydrogen-bond donors (Lipinski definition) is 0. The summed E-state index contributed by atoms with van der Waals surface area (Å²) in [5, 5.41) is 9.59. The third-order valence-corrected chi connectivity index (χ3v) is 10.7. The quantitative estimate of drug-likeness (QED) is 0.142. The van der Waals surface area contributed by atoms with Gasteiger partial charge < -0.3 is 0 Å². The highest BCUT2D eigenvalue weighted by molar-refractivity contribution is 7.25. The number of benzene rings is 8. The lowest BCUT2D eigenvalue weighted by atomic mass is 9.93. The molecule has 0 radical (unpaired) electrons. The van der Waals surface area contributed by atoms with Crippen LogP contribution in [0.25, 0.3) is 97.8 Å². The van der Waals surface area contributed by atoms with E-state index in [1.165, 1.54) is 36.3 Å². The zero-order valence-corrected chi connectivity index (χ0v) is 27.2. The summed E-state index contributed by atoms with van der Waals surface area (Å²) < 4.78 is 2.57. The molecule has 0 amide bonds. The summed E-state index contributed by atoms with van der Waals surface area (Å²) in [5.74, 6) is 1.96. The molecule has 0 aliphatic rings. The van der Waals surface area contributed by atoms with Crippen LogP contribution in [-0.4, -0.2) is 15.0 Å². The van der Waals surface area contributed by atoms with Crippen LogP contribution in [0.3, 0.4) is 0 Å². The molecular formula is C45H27N3S. The molecule has 0 atom stereocenters. The first-order valence-electron chi connectivity index (χ1n) is 16.4. The lowest BCUT2D eigenvalue weighted by Gasteiger charge is -2.15. The summed E-state index contributed by atoms with van der Waals surface area (Å²) >= 11 is 1.83. The smallest absolute Gasteiger partial charge is 0.165 e. The van der Waals surface area contributed by atoms with Gasteiger partial charge in [-0.2, -0.15) is 0 Å². The van der Waals surface area contributed by atoms with Crippen molar-refractivity contribution < 1.29 is 0 Å². The highest BCUT2D eigenvalue weighted by Gasteiger charge is 2.20. The van der Waals surface area contributed by atoms with Crippen molar-refractivity contribution in [2.75, 3.05) is 0 Å². The summed E-state index contributed by atoms with van der Waals surface area (Å²) in [4.78, 5) is 15.7.